The van der Waals surface area contributed by atoms with Gasteiger partial charge in [0.1, 0.15) is 5.56 Å². The largest absolute Gasteiger partial charge is 0.416 e. The van der Waals surface area contributed by atoms with Crippen molar-refractivity contribution < 1.29 is 27.6 Å². The molecule has 174 valence electrons. The molecule has 2 N–H and O–H groups in total. The van der Waals surface area contributed by atoms with Crippen LogP contribution >= 0.6 is 0 Å². The molecule has 2 heterocycles. The number of halogens is 3. The fraction of sp³-hybridized carbons (Fsp3) is 0.348. The van der Waals surface area contributed by atoms with Gasteiger partial charge in [-0.3, -0.25) is 14.2 Å². The Morgan fingerprint density at radius 1 is 1.27 bits per heavy atom. The highest BCUT2D eigenvalue weighted by atomic mass is 19.4. The number of benzene rings is 1. The van der Waals surface area contributed by atoms with E-state index < -0.39 is 23.2 Å². The molecule has 0 atom stereocenters. The molecule has 0 unspecified atom stereocenters. The summed E-state index contributed by atoms with van der Waals surface area (Å²) in [7, 11) is 0. The summed E-state index contributed by atoms with van der Waals surface area (Å²) in [6.07, 6.45) is -2.49. The van der Waals surface area contributed by atoms with Gasteiger partial charge in [0, 0.05) is 30.5 Å². The molecule has 33 heavy (non-hydrogen) atoms. The van der Waals surface area contributed by atoms with Crippen molar-refractivity contribution in [2.75, 3.05) is 6.61 Å². The monoisotopic (exact) mass is 461 g/mol. The number of nitrogens with zero attached hydrogens (tertiary/aromatic N) is 2. The number of carbonyl (C=O) groups excluding carboxylic acids is 1. The lowest BCUT2D eigenvalue weighted by molar-refractivity contribution is -0.137. The molecule has 3 aromatic rings. The average Bonchev–Trinajstić information content (AvgIpc) is 3.51. The number of carbonyl (C=O) groups is 1. The maximum absolute atomic E-state index is 13.2. The molecular weight excluding hydrogens is 439 g/mol. The van der Waals surface area contributed by atoms with Crippen LogP contribution in [0.15, 0.2) is 45.7 Å². The summed E-state index contributed by atoms with van der Waals surface area (Å²) in [6, 6.07) is 7.61. The summed E-state index contributed by atoms with van der Waals surface area (Å²) >= 11 is 0. The van der Waals surface area contributed by atoms with Crippen molar-refractivity contribution in [2.24, 2.45) is 0 Å². The summed E-state index contributed by atoms with van der Waals surface area (Å²) in [5.41, 5.74) is 0.123. The van der Waals surface area contributed by atoms with Gasteiger partial charge in [0.05, 0.1) is 17.8 Å². The number of aliphatic hydroxyl groups is 1. The van der Waals surface area contributed by atoms with Crippen LogP contribution in [0.5, 0.6) is 0 Å². The second-order valence-corrected chi connectivity index (χ2v) is 8.00. The van der Waals surface area contributed by atoms with Crippen LogP contribution in [0.2, 0.25) is 0 Å². The molecular formula is C23H22F3N3O4. The maximum Gasteiger partial charge on any atom is 0.416 e. The average molecular weight is 461 g/mol. The minimum Gasteiger partial charge on any atom is -0.396 e. The molecule has 1 saturated carbocycles. The highest BCUT2D eigenvalue weighted by molar-refractivity contribution is 5.94. The number of alkyl halides is 3. The first-order valence-corrected chi connectivity index (χ1v) is 10.5. The van der Waals surface area contributed by atoms with Crippen molar-refractivity contribution in [3.8, 4) is 5.69 Å². The van der Waals surface area contributed by atoms with Gasteiger partial charge in [-0.25, -0.2) is 0 Å². The molecule has 0 saturated heterocycles. The topological polar surface area (TPSA) is 97.4 Å². The number of nitrogens with one attached hydrogen (secondary N) is 1. The van der Waals surface area contributed by atoms with E-state index in [1.54, 1.807) is 13.0 Å². The van der Waals surface area contributed by atoms with E-state index in [1.165, 1.54) is 22.8 Å². The minimum atomic E-state index is -4.56. The summed E-state index contributed by atoms with van der Waals surface area (Å²) in [6.45, 7) is 1.54. The highest BCUT2D eigenvalue weighted by Crippen LogP contribution is 2.42. The molecule has 2 aromatic heterocycles. The lowest BCUT2D eigenvalue weighted by Crippen LogP contribution is -2.34. The van der Waals surface area contributed by atoms with Crippen molar-refractivity contribution in [1.82, 2.24) is 15.0 Å². The van der Waals surface area contributed by atoms with E-state index in [9.17, 15) is 22.8 Å². The van der Waals surface area contributed by atoms with Crippen molar-refractivity contribution in [3.63, 3.8) is 0 Å². The zero-order valence-electron chi connectivity index (χ0n) is 17.8. The van der Waals surface area contributed by atoms with Crippen LogP contribution in [-0.4, -0.2) is 27.3 Å². The zero-order valence-corrected chi connectivity index (χ0v) is 17.8. The number of hydrogen-bond donors (Lipinski definition) is 2. The van der Waals surface area contributed by atoms with Crippen molar-refractivity contribution in [1.29, 1.82) is 0 Å². The van der Waals surface area contributed by atoms with Gasteiger partial charge in [0.2, 0.25) is 0 Å². The Hall–Kier alpha value is -3.40. The summed E-state index contributed by atoms with van der Waals surface area (Å²) in [5.74, 6) is -0.160. The van der Waals surface area contributed by atoms with Crippen LogP contribution < -0.4 is 10.9 Å². The van der Waals surface area contributed by atoms with Gasteiger partial charge in [0.15, 0.2) is 5.76 Å². The first-order valence-electron chi connectivity index (χ1n) is 10.5. The normalized spacial score (nSPS) is 13.8. The third-order valence-electron chi connectivity index (χ3n) is 5.58. The van der Waals surface area contributed by atoms with E-state index >= 15 is 0 Å². The molecule has 0 spiro atoms. The zero-order chi connectivity index (χ0) is 23.8. The Balaban J connectivity index is 1.70. The second-order valence-electron chi connectivity index (χ2n) is 8.00. The fourth-order valence-electron chi connectivity index (χ4n) is 3.76. The van der Waals surface area contributed by atoms with Gasteiger partial charge in [0.25, 0.3) is 11.5 Å². The molecule has 0 aliphatic heterocycles. The molecule has 1 amide bonds. The summed E-state index contributed by atoms with van der Waals surface area (Å²) in [5, 5.41) is 15.3. The third kappa shape index (κ3) is 4.85. The first kappa shape index (κ1) is 22.8. The molecule has 4 rings (SSSR count). The van der Waals surface area contributed by atoms with Crippen LogP contribution in [0.4, 0.5) is 13.2 Å². The Morgan fingerprint density at radius 3 is 2.70 bits per heavy atom. The van der Waals surface area contributed by atoms with Crippen LogP contribution in [0.1, 0.15) is 57.4 Å². The Labute approximate surface area is 186 Å². The van der Waals surface area contributed by atoms with Gasteiger partial charge >= 0.3 is 6.18 Å². The predicted molar refractivity (Wildman–Crippen MR) is 112 cm³/mol. The lowest BCUT2D eigenvalue weighted by atomic mass is 10.0. The number of pyridine rings is 1. The molecule has 1 aliphatic carbocycles. The number of aromatic nitrogens is 2. The van der Waals surface area contributed by atoms with E-state index in [-0.39, 0.29) is 30.3 Å². The van der Waals surface area contributed by atoms with Gasteiger partial charge in [-0.15, -0.1) is 0 Å². The van der Waals surface area contributed by atoms with E-state index in [1.807, 2.05) is 0 Å². The fourth-order valence-corrected chi connectivity index (χ4v) is 3.76. The third-order valence-corrected chi connectivity index (χ3v) is 5.58. The molecule has 10 heteroatoms. The predicted octanol–water partition coefficient (Wildman–Crippen LogP) is 3.49. The van der Waals surface area contributed by atoms with E-state index in [0.29, 0.717) is 23.6 Å². The molecule has 0 radical (unpaired) electrons. The number of amides is 1. The van der Waals surface area contributed by atoms with E-state index in [2.05, 4.69) is 10.5 Å². The van der Waals surface area contributed by atoms with Crippen molar-refractivity contribution >= 4 is 5.91 Å². The highest BCUT2D eigenvalue weighted by Gasteiger charge is 2.32. The van der Waals surface area contributed by atoms with Crippen molar-refractivity contribution in [2.45, 2.75) is 44.8 Å². The maximum atomic E-state index is 13.2. The molecule has 0 bridgehead atoms. The molecule has 1 aliphatic rings. The van der Waals surface area contributed by atoms with Crippen LogP contribution in [0.3, 0.4) is 0 Å². The van der Waals surface area contributed by atoms with Gasteiger partial charge in [-0.05, 0) is 55.5 Å². The Bertz CT molecular complexity index is 1240. The lowest BCUT2D eigenvalue weighted by Gasteiger charge is -2.17. The minimum absolute atomic E-state index is 0.0348. The molecule has 7 nitrogen and oxygen atoms in total. The van der Waals surface area contributed by atoms with Crippen molar-refractivity contribution in [3.05, 3.63) is 80.6 Å². The standard InChI is InChI=1S/C23H22F3N3O4/c1-13-19(14-5-6-14)11-20(21(31)27-12-18-10-16(7-8-30)28-33-18)22(32)29(13)17-4-2-3-15(9-17)23(24,25)26/h2-4,9-11,14,30H,5-8,12H2,1H3,(H,27,31). The Kier molecular flexibility index (Phi) is 6.11. The smallest absolute Gasteiger partial charge is 0.396 e. The quantitative estimate of drug-likeness (QED) is 0.562. The summed E-state index contributed by atoms with van der Waals surface area (Å²) in [4.78, 5) is 26.1. The molecule has 1 aromatic carbocycles. The van der Waals surface area contributed by atoms with Crippen LogP contribution in [0.25, 0.3) is 5.69 Å². The number of aliphatic hydroxyl groups excluding tert-OH is 1. The number of rotatable bonds is 7. The van der Waals surface area contributed by atoms with Gasteiger partial charge in [-0.1, -0.05) is 11.2 Å². The summed E-state index contributed by atoms with van der Waals surface area (Å²) < 4.78 is 46.0. The SMILES string of the molecule is Cc1c(C2CC2)cc(C(=O)NCc2cc(CCO)no2)c(=O)n1-c1cccc(C(F)(F)F)c1. The number of hydrogen-bond acceptors (Lipinski definition) is 5. The van der Waals surface area contributed by atoms with E-state index in [0.717, 1.165) is 30.5 Å². The van der Waals surface area contributed by atoms with E-state index in [4.69, 9.17) is 9.63 Å². The first-order chi connectivity index (χ1) is 15.7. The van der Waals surface area contributed by atoms with Gasteiger partial charge in [-0.2, -0.15) is 13.2 Å². The van der Waals surface area contributed by atoms with Gasteiger partial charge < -0.3 is 14.9 Å². The second kappa shape index (κ2) is 8.86. The molecule has 1 fully saturated rings. The van der Waals surface area contributed by atoms with Crippen LogP contribution in [0, 0.1) is 6.92 Å². The Morgan fingerprint density at radius 2 is 2.03 bits per heavy atom. The van der Waals surface area contributed by atoms with Crippen LogP contribution in [-0.2, 0) is 19.1 Å².